The monoisotopic (exact) mass is 438 g/mol. The number of hydrogen-bond donors (Lipinski definition) is 0. The topological polar surface area (TPSA) is 137 Å². The molecule has 0 aliphatic carbocycles. The van der Waals surface area contributed by atoms with Crippen LogP contribution in [0.5, 0.6) is 0 Å². The van der Waals surface area contributed by atoms with Crippen molar-refractivity contribution >= 4 is 44.7 Å². The number of fused-ring (bicyclic) bond motifs is 1. The maximum absolute atomic E-state index is 13.3. The van der Waals surface area contributed by atoms with Gasteiger partial charge in [0.2, 0.25) is 5.84 Å². The van der Waals surface area contributed by atoms with Crippen LogP contribution in [0.2, 0.25) is 0 Å². The van der Waals surface area contributed by atoms with Crippen LogP contribution in [0.3, 0.4) is 0 Å². The summed E-state index contributed by atoms with van der Waals surface area (Å²) in [5.41, 5.74) is -0.461. The standard InChI is InChI=1S/C15H15ClN8O4S/c1-21(2)12-7-6-11(24(25)26)13-14(12)29(27,28)22(3)19-15(18-20-23(13)16)10-5-4-8-17-9-10/h4-9H,1-3H3/b19-15-,20-18?. The highest BCUT2D eigenvalue weighted by Crippen LogP contribution is 2.43. The Morgan fingerprint density at radius 1 is 1.24 bits per heavy atom. The number of hydrazone groups is 1. The largest absolute Gasteiger partial charge is 0.376 e. The maximum Gasteiger partial charge on any atom is 0.297 e. The second-order valence-electron chi connectivity index (χ2n) is 5.99. The summed E-state index contributed by atoms with van der Waals surface area (Å²) in [6.45, 7) is 0. The normalized spacial score (nSPS) is 17.4. The lowest BCUT2D eigenvalue weighted by Crippen LogP contribution is -2.26. The molecule has 0 bridgehead atoms. The number of sulfonamides is 1. The van der Waals surface area contributed by atoms with Crippen molar-refractivity contribution in [2.75, 3.05) is 30.6 Å². The number of amidine groups is 1. The van der Waals surface area contributed by atoms with Crippen LogP contribution in [0, 0.1) is 10.1 Å². The summed E-state index contributed by atoms with van der Waals surface area (Å²) in [6, 6.07) is 5.67. The molecule has 2 aromatic rings. The van der Waals surface area contributed by atoms with E-state index >= 15 is 0 Å². The van der Waals surface area contributed by atoms with Gasteiger partial charge in [-0.1, -0.05) is 0 Å². The van der Waals surface area contributed by atoms with Crippen LogP contribution < -0.4 is 9.43 Å². The van der Waals surface area contributed by atoms with Crippen molar-refractivity contribution in [1.82, 2.24) is 9.40 Å². The van der Waals surface area contributed by atoms with Crippen molar-refractivity contribution in [2.45, 2.75) is 4.90 Å². The van der Waals surface area contributed by atoms with E-state index in [1.807, 2.05) is 0 Å². The van der Waals surface area contributed by atoms with Gasteiger partial charge in [-0.2, -0.15) is 12.8 Å². The number of nitro groups is 1. The number of halogens is 1. The molecular weight excluding hydrogens is 424 g/mol. The molecule has 1 aliphatic heterocycles. The molecule has 0 amide bonds. The lowest BCUT2D eigenvalue weighted by molar-refractivity contribution is -0.384. The molecule has 0 spiro atoms. The van der Waals surface area contributed by atoms with E-state index in [0.29, 0.717) is 14.5 Å². The minimum Gasteiger partial charge on any atom is -0.376 e. The summed E-state index contributed by atoms with van der Waals surface area (Å²) < 4.78 is 27.9. The van der Waals surface area contributed by atoms with Gasteiger partial charge in [-0.3, -0.25) is 15.1 Å². The summed E-state index contributed by atoms with van der Waals surface area (Å²) in [6.07, 6.45) is 2.93. The van der Waals surface area contributed by atoms with Crippen LogP contribution in [-0.2, 0) is 10.0 Å². The number of pyridine rings is 1. The molecule has 1 aromatic heterocycles. The van der Waals surface area contributed by atoms with Crippen molar-refractivity contribution in [3.63, 3.8) is 0 Å². The highest BCUT2D eigenvalue weighted by molar-refractivity contribution is 7.89. The van der Waals surface area contributed by atoms with Gasteiger partial charge in [0.1, 0.15) is 4.90 Å². The lowest BCUT2D eigenvalue weighted by atomic mass is 10.2. The van der Waals surface area contributed by atoms with Crippen LogP contribution in [0.25, 0.3) is 0 Å². The van der Waals surface area contributed by atoms with E-state index in [9.17, 15) is 18.5 Å². The van der Waals surface area contributed by atoms with Gasteiger partial charge in [0, 0.05) is 56.9 Å². The Kier molecular flexibility index (Phi) is 5.35. The second kappa shape index (κ2) is 7.60. The van der Waals surface area contributed by atoms with E-state index in [1.165, 1.54) is 30.4 Å². The number of rotatable bonds is 3. The number of nitrogens with zero attached hydrogens (tertiary/aromatic N) is 8. The van der Waals surface area contributed by atoms with Gasteiger partial charge in [0.15, 0.2) is 5.69 Å². The number of hydrogen-bond acceptors (Lipinski definition) is 10. The Hall–Kier alpha value is -3.32. The van der Waals surface area contributed by atoms with Crippen LogP contribution in [0.15, 0.2) is 57.0 Å². The maximum atomic E-state index is 13.3. The van der Waals surface area contributed by atoms with Gasteiger partial charge in [0.25, 0.3) is 15.7 Å². The van der Waals surface area contributed by atoms with E-state index in [4.69, 9.17) is 11.8 Å². The van der Waals surface area contributed by atoms with Gasteiger partial charge in [-0.25, -0.2) is 0 Å². The molecule has 0 N–H and O–H groups in total. The van der Waals surface area contributed by atoms with E-state index in [0.717, 1.165) is 6.07 Å². The first-order chi connectivity index (χ1) is 13.6. The van der Waals surface area contributed by atoms with Crippen molar-refractivity contribution in [3.05, 3.63) is 52.3 Å². The molecule has 1 aromatic carbocycles. The number of benzene rings is 1. The number of nitro benzene ring substituents is 1. The van der Waals surface area contributed by atoms with Crippen molar-refractivity contribution in [1.29, 1.82) is 0 Å². The Bertz CT molecular complexity index is 1120. The van der Waals surface area contributed by atoms with Crippen LogP contribution in [0.4, 0.5) is 17.1 Å². The summed E-state index contributed by atoms with van der Waals surface area (Å²) in [4.78, 5) is 15.8. The van der Waals surface area contributed by atoms with Gasteiger partial charge < -0.3 is 4.90 Å². The van der Waals surface area contributed by atoms with Crippen LogP contribution >= 0.6 is 11.8 Å². The average molecular weight is 439 g/mol. The van der Waals surface area contributed by atoms with Crippen LogP contribution in [-0.4, -0.2) is 49.7 Å². The Balaban J connectivity index is 2.36. The molecule has 0 unspecified atom stereocenters. The molecular formula is C15H15ClN8O4S. The zero-order chi connectivity index (χ0) is 21.3. The van der Waals surface area contributed by atoms with Crippen molar-refractivity contribution in [2.24, 2.45) is 15.4 Å². The molecule has 29 heavy (non-hydrogen) atoms. The fourth-order valence-corrected chi connectivity index (χ4v) is 4.21. The zero-order valence-corrected chi connectivity index (χ0v) is 17.0. The quantitative estimate of drug-likeness (QED) is 0.407. The third-order valence-electron chi connectivity index (χ3n) is 3.93. The molecule has 0 radical (unpaired) electrons. The second-order valence-corrected chi connectivity index (χ2v) is 8.19. The molecule has 12 nitrogen and oxygen atoms in total. The predicted octanol–water partition coefficient (Wildman–Crippen LogP) is 2.38. The van der Waals surface area contributed by atoms with Gasteiger partial charge >= 0.3 is 0 Å². The molecule has 152 valence electrons. The molecule has 3 rings (SSSR count). The molecule has 0 saturated carbocycles. The van der Waals surface area contributed by atoms with Gasteiger partial charge in [-0.05, 0) is 23.4 Å². The molecule has 0 atom stereocenters. The third kappa shape index (κ3) is 3.69. The first kappa shape index (κ1) is 20.4. The van der Waals surface area contributed by atoms with Crippen molar-refractivity contribution in [3.8, 4) is 0 Å². The Labute approximate surface area is 171 Å². The van der Waals surface area contributed by atoms with E-state index in [2.05, 4.69) is 20.4 Å². The minimum absolute atomic E-state index is 0.100. The molecule has 0 saturated heterocycles. The lowest BCUT2D eigenvalue weighted by Gasteiger charge is -2.23. The molecule has 14 heteroatoms. The summed E-state index contributed by atoms with van der Waals surface area (Å²) in [7, 11) is -0.00594. The molecule has 0 fully saturated rings. The first-order valence-electron chi connectivity index (χ1n) is 7.98. The third-order valence-corrected chi connectivity index (χ3v) is 5.86. The fraction of sp³-hybridized carbons (Fsp3) is 0.200. The SMILES string of the molecule is CN(C)c1ccc([N+](=O)[O-])c2c1S(=O)(=O)N(C)/N=C(/c1cccnc1)N=NN2Cl. The van der Waals surface area contributed by atoms with Gasteiger partial charge in [-0.15, -0.1) is 14.7 Å². The highest BCUT2D eigenvalue weighted by Gasteiger charge is 2.37. The first-order valence-corrected chi connectivity index (χ1v) is 9.76. The number of anilines is 2. The molecule has 1 aliphatic rings. The Morgan fingerprint density at radius 3 is 2.55 bits per heavy atom. The Morgan fingerprint density at radius 2 is 1.97 bits per heavy atom. The summed E-state index contributed by atoms with van der Waals surface area (Å²) in [5.74, 6) is -0.100. The molecule has 2 heterocycles. The minimum atomic E-state index is -4.38. The van der Waals surface area contributed by atoms with E-state index in [-0.39, 0.29) is 11.5 Å². The van der Waals surface area contributed by atoms with Crippen LogP contribution in [0.1, 0.15) is 5.56 Å². The fourth-order valence-electron chi connectivity index (χ4n) is 2.56. The van der Waals surface area contributed by atoms with E-state index < -0.39 is 31.2 Å². The highest BCUT2D eigenvalue weighted by atomic mass is 35.5. The predicted molar refractivity (Wildman–Crippen MR) is 106 cm³/mol. The zero-order valence-electron chi connectivity index (χ0n) is 15.5. The van der Waals surface area contributed by atoms with Crippen molar-refractivity contribution < 1.29 is 13.3 Å². The van der Waals surface area contributed by atoms with Gasteiger partial charge in [0.05, 0.1) is 10.6 Å². The average Bonchev–Trinajstić information content (AvgIpc) is 2.72. The summed E-state index contributed by atoms with van der Waals surface area (Å²) >= 11 is 6.15. The smallest absolute Gasteiger partial charge is 0.297 e. The van der Waals surface area contributed by atoms with E-state index in [1.54, 1.807) is 26.2 Å². The summed E-state index contributed by atoms with van der Waals surface area (Å²) in [5, 5.41) is 23.2. The number of aromatic nitrogens is 1.